The maximum atomic E-state index is 12.7. The summed E-state index contributed by atoms with van der Waals surface area (Å²) >= 11 is 0. The van der Waals surface area contributed by atoms with Crippen LogP contribution in [0.2, 0.25) is 0 Å². The van der Waals surface area contributed by atoms with Gasteiger partial charge in [-0.1, -0.05) is 31.2 Å². The molecule has 0 spiro atoms. The fourth-order valence-electron chi connectivity index (χ4n) is 2.47. The Morgan fingerprint density at radius 3 is 2.63 bits per heavy atom. The third-order valence-corrected chi connectivity index (χ3v) is 3.48. The smallest absolute Gasteiger partial charge is 0.255 e. The molecule has 1 amide bonds. The summed E-state index contributed by atoms with van der Waals surface area (Å²) in [4.78, 5) is 13.3. The average Bonchev–Trinajstić information content (AvgIpc) is 2.67. The second-order valence-corrected chi connectivity index (χ2v) is 4.77. The predicted octanol–water partition coefficient (Wildman–Crippen LogP) is 2.47. The summed E-state index contributed by atoms with van der Waals surface area (Å²) in [6, 6.07) is 7.17. The fraction of sp³-hybridized carbons (Fsp3) is 0.500. The molecule has 3 nitrogen and oxygen atoms in total. The second-order valence-electron chi connectivity index (χ2n) is 4.77. The van der Waals surface area contributed by atoms with E-state index in [0.717, 1.165) is 11.1 Å². The van der Waals surface area contributed by atoms with E-state index in [0.29, 0.717) is 6.42 Å². The van der Waals surface area contributed by atoms with Crippen molar-refractivity contribution in [1.82, 2.24) is 10.2 Å². The zero-order chi connectivity index (χ0) is 14.0. The van der Waals surface area contributed by atoms with E-state index in [1.807, 2.05) is 38.1 Å². The minimum absolute atomic E-state index is 0.240. The number of benzene rings is 1. The van der Waals surface area contributed by atoms with Crippen LogP contribution in [0.5, 0.6) is 0 Å². The van der Waals surface area contributed by atoms with Gasteiger partial charge in [0.25, 0.3) is 6.43 Å². The van der Waals surface area contributed by atoms with Gasteiger partial charge >= 0.3 is 0 Å². The van der Waals surface area contributed by atoms with Gasteiger partial charge in [-0.3, -0.25) is 10.1 Å². The highest BCUT2D eigenvalue weighted by atomic mass is 19.3. The van der Waals surface area contributed by atoms with Crippen molar-refractivity contribution < 1.29 is 13.6 Å². The van der Waals surface area contributed by atoms with Crippen LogP contribution in [0, 0.1) is 6.92 Å². The third-order valence-electron chi connectivity index (χ3n) is 3.48. The Hall–Kier alpha value is -1.49. The maximum absolute atomic E-state index is 12.7. The van der Waals surface area contributed by atoms with Crippen LogP contribution in [-0.2, 0) is 4.79 Å². The normalized spacial score (nSPS) is 23.4. The lowest BCUT2D eigenvalue weighted by atomic mass is 10.1. The standard InChI is InChI=1S/C14H18F2N2O/c1-3-11-14(19)18(8-12(15)16)13(17-11)10-7-5-4-6-9(10)2/h4-7,11-13,17H,3,8H2,1-2H3. The van der Waals surface area contributed by atoms with E-state index >= 15 is 0 Å². The zero-order valence-corrected chi connectivity index (χ0v) is 11.1. The van der Waals surface area contributed by atoms with E-state index in [4.69, 9.17) is 0 Å². The van der Waals surface area contributed by atoms with Crippen LogP contribution in [0.4, 0.5) is 8.78 Å². The van der Waals surface area contributed by atoms with Gasteiger partial charge in [-0.15, -0.1) is 0 Å². The molecular weight excluding hydrogens is 250 g/mol. The van der Waals surface area contributed by atoms with E-state index in [-0.39, 0.29) is 11.9 Å². The molecule has 5 heteroatoms. The van der Waals surface area contributed by atoms with E-state index in [9.17, 15) is 13.6 Å². The predicted molar refractivity (Wildman–Crippen MR) is 68.9 cm³/mol. The molecule has 0 aromatic heterocycles. The highest BCUT2D eigenvalue weighted by molar-refractivity contribution is 5.84. The summed E-state index contributed by atoms with van der Waals surface area (Å²) in [6.45, 7) is 3.26. The fourth-order valence-corrected chi connectivity index (χ4v) is 2.47. The number of hydrogen-bond acceptors (Lipinski definition) is 2. The van der Waals surface area contributed by atoms with Gasteiger partial charge in [0.05, 0.1) is 12.6 Å². The van der Waals surface area contributed by atoms with Gasteiger partial charge in [-0.05, 0) is 24.5 Å². The van der Waals surface area contributed by atoms with Gasteiger partial charge in [-0.2, -0.15) is 0 Å². The number of halogens is 2. The Balaban J connectivity index is 2.31. The van der Waals surface area contributed by atoms with Crippen molar-refractivity contribution in [3.8, 4) is 0 Å². The Morgan fingerprint density at radius 2 is 2.05 bits per heavy atom. The van der Waals surface area contributed by atoms with E-state index in [1.165, 1.54) is 4.90 Å². The molecule has 0 radical (unpaired) electrons. The van der Waals surface area contributed by atoms with Gasteiger partial charge in [0.1, 0.15) is 6.17 Å². The minimum Gasteiger partial charge on any atom is -0.316 e. The number of carbonyl (C=O) groups excluding carboxylic acids is 1. The Labute approximate surface area is 111 Å². The molecule has 2 atom stereocenters. The molecule has 1 aliphatic heterocycles. The lowest BCUT2D eigenvalue weighted by Gasteiger charge is -2.25. The maximum Gasteiger partial charge on any atom is 0.255 e. The van der Waals surface area contributed by atoms with E-state index in [1.54, 1.807) is 0 Å². The molecule has 1 fully saturated rings. The minimum atomic E-state index is -2.52. The molecule has 0 saturated carbocycles. The molecule has 2 rings (SSSR count). The molecule has 1 N–H and O–H groups in total. The number of nitrogens with zero attached hydrogens (tertiary/aromatic N) is 1. The highest BCUT2D eigenvalue weighted by Gasteiger charge is 2.40. The van der Waals surface area contributed by atoms with Crippen molar-refractivity contribution >= 4 is 5.91 Å². The first-order chi connectivity index (χ1) is 9.04. The van der Waals surface area contributed by atoms with Crippen molar-refractivity contribution in [2.45, 2.75) is 38.9 Å². The van der Waals surface area contributed by atoms with Crippen LogP contribution in [0.3, 0.4) is 0 Å². The summed E-state index contributed by atoms with van der Waals surface area (Å²) < 4.78 is 25.3. The summed E-state index contributed by atoms with van der Waals surface area (Å²) in [7, 11) is 0. The Bertz CT molecular complexity index is 465. The first-order valence-corrected chi connectivity index (χ1v) is 6.44. The summed E-state index contributed by atoms with van der Waals surface area (Å²) in [5, 5.41) is 3.15. The molecular formula is C14H18F2N2O. The first-order valence-electron chi connectivity index (χ1n) is 6.44. The summed E-state index contributed by atoms with van der Waals surface area (Å²) in [5.41, 5.74) is 1.87. The Kier molecular flexibility index (Phi) is 4.14. The number of hydrogen-bond donors (Lipinski definition) is 1. The van der Waals surface area contributed by atoms with Crippen LogP contribution >= 0.6 is 0 Å². The number of rotatable bonds is 4. The highest BCUT2D eigenvalue weighted by Crippen LogP contribution is 2.29. The molecule has 1 aromatic carbocycles. The molecule has 19 heavy (non-hydrogen) atoms. The van der Waals surface area contributed by atoms with Crippen molar-refractivity contribution in [3.63, 3.8) is 0 Å². The van der Waals surface area contributed by atoms with Crippen LogP contribution in [0.1, 0.15) is 30.6 Å². The van der Waals surface area contributed by atoms with Gasteiger partial charge in [-0.25, -0.2) is 8.78 Å². The van der Waals surface area contributed by atoms with E-state index < -0.39 is 19.1 Å². The van der Waals surface area contributed by atoms with Crippen molar-refractivity contribution in [1.29, 1.82) is 0 Å². The number of carbonyl (C=O) groups is 1. The van der Waals surface area contributed by atoms with Crippen LogP contribution in [0.25, 0.3) is 0 Å². The molecule has 1 aliphatic rings. The van der Waals surface area contributed by atoms with Crippen molar-refractivity contribution in [2.24, 2.45) is 0 Å². The van der Waals surface area contributed by atoms with E-state index in [2.05, 4.69) is 5.32 Å². The molecule has 1 aromatic rings. The monoisotopic (exact) mass is 268 g/mol. The molecule has 104 valence electrons. The van der Waals surface area contributed by atoms with Crippen molar-refractivity contribution in [3.05, 3.63) is 35.4 Å². The Morgan fingerprint density at radius 1 is 1.37 bits per heavy atom. The van der Waals surface area contributed by atoms with Crippen LogP contribution < -0.4 is 5.32 Å². The quantitative estimate of drug-likeness (QED) is 0.909. The SMILES string of the molecule is CCC1NC(c2ccccc2C)N(CC(F)F)C1=O. The zero-order valence-electron chi connectivity index (χ0n) is 11.1. The topological polar surface area (TPSA) is 32.3 Å². The van der Waals surface area contributed by atoms with Gasteiger partial charge in [0.2, 0.25) is 5.91 Å². The number of aryl methyl sites for hydroxylation is 1. The summed E-state index contributed by atoms with van der Waals surface area (Å²) in [5.74, 6) is -0.240. The molecule has 1 saturated heterocycles. The van der Waals surface area contributed by atoms with Crippen LogP contribution in [0.15, 0.2) is 24.3 Å². The molecule has 2 unspecified atom stereocenters. The summed E-state index contributed by atoms with van der Waals surface area (Å²) in [6.07, 6.45) is -2.37. The van der Waals surface area contributed by atoms with Gasteiger partial charge in [0, 0.05) is 0 Å². The molecule has 0 bridgehead atoms. The van der Waals surface area contributed by atoms with Gasteiger partial charge < -0.3 is 4.90 Å². The number of amides is 1. The number of nitrogens with one attached hydrogen (secondary N) is 1. The van der Waals surface area contributed by atoms with Crippen LogP contribution in [-0.4, -0.2) is 29.8 Å². The van der Waals surface area contributed by atoms with Gasteiger partial charge in [0.15, 0.2) is 0 Å². The third kappa shape index (κ3) is 2.76. The lowest BCUT2D eigenvalue weighted by Crippen LogP contribution is -2.35. The number of alkyl halides is 2. The van der Waals surface area contributed by atoms with Crippen molar-refractivity contribution in [2.75, 3.05) is 6.54 Å². The average molecular weight is 268 g/mol. The first kappa shape index (κ1) is 13.9. The molecule has 0 aliphatic carbocycles. The molecule has 1 heterocycles. The lowest BCUT2D eigenvalue weighted by molar-refractivity contribution is -0.132. The largest absolute Gasteiger partial charge is 0.316 e. The second kappa shape index (κ2) is 5.65.